The maximum Gasteiger partial charge on any atom is 0.379 e. The van der Waals surface area contributed by atoms with Gasteiger partial charge in [0, 0.05) is 38.3 Å². The fraction of sp³-hybridized carbons (Fsp3) is 0.256. The van der Waals surface area contributed by atoms with Crippen LogP contribution in [0.25, 0.3) is 22.1 Å². The molecule has 0 saturated carbocycles. The van der Waals surface area contributed by atoms with Gasteiger partial charge in [-0.25, -0.2) is 14.8 Å². The highest BCUT2D eigenvalue weighted by Gasteiger charge is 2.45. The van der Waals surface area contributed by atoms with Crippen LogP contribution in [0.4, 0.5) is 17.1 Å². The number of allylic oxidation sites excluding steroid dienone is 2. The van der Waals surface area contributed by atoms with E-state index >= 15 is 0 Å². The number of carbonyl (C=O) groups is 2. The number of rotatable bonds is 9. The number of hydrogen-bond acceptors (Lipinski definition) is 13. The third-order valence-corrected chi connectivity index (χ3v) is 9.05. The lowest BCUT2D eigenvalue weighted by molar-refractivity contribution is -0.384. The SMILES string of the molecule is C.CCOC(=O)[C@]1(O)C[C@H](C)C=C(C(C)=O)O1.Nc1ccccc1N.O=c1[nH]c2ccccc2nc1CC(Cc1nc2ccccc2[nH]c1=O)c1ccc([N+](=O)[O-])cc1. The molecule has 2 atom stereocenters. The van der Waals surface area contributed by atoms with Crippen LogP contribution in [-0.2, 0) is 31.9 Å². The van der Waals surface area contributed by atoms with Crippen LogP contribution in [0.5, 0.6) is 0 Å². The number of ketones is 1. The summed E-state index contributed by atoms with van der Waals surface area (Å²) >= 11 is 0. The van der Waals surface area contributed by atoms with Gasteiger partial charge < -0.3 is 36.0 Å². The number of nitrogens with zero attached hydrogens (tertiary/aromatic N) is 3. The standard InChI is InChI=1S/C25H19N5O4.C11H16O5.C6H8N2.CH4/c31-24-22(26-18-5-1-3-7-20(18)28-24)13-16(15-9-11-17(12-10-15)30(33)34)14-23-25(32)29-21-8-4-2-6-19(21)27-23;1-4-15-10(13)11(14)6-7(2)5-9(16-11)8(3)12;7-5-3-1-2-4-6(5)8;/h1-12,16H,13-14H2,(H,28,31)(H,29,32);5,7,14H,4,6H2,1-3H3;1-4H,7-8H2;1H4/t;7-,11+;;/m.1../s1. The average Bonchev–Trinajstić information content (AvgIpc) is 3.19. The molecule has 0 fully saturated rings. The second kappa shape index (κ2) is 19.8. The number of esters is 1. The number of Topliss-reactive ketones (excluding diaryl/α,β-unsaturated/α-hetero) is 1. The number of fused-ring (bicyclic) bond motifs is 2. The van der Waals surface area contributed by atoms with Crippen LogP contribution >= 0.6 is 0 Å². The molecule has 59 heavy (non-hydrogen) atoms. The highest BCUT2D eigenvalue weighted by Crippen LogP contribution is 2.31. The van der Waals surface area contributed by atoms with Crippen LogP contribution in [0, 0.1) is 16.0 Å². The Bertz CT molecular complexity index is 2470. The highest BCUT2D eigenvalue weighted by atomic mass is 16.7. The number of nitrogens with one attached hydrogen (secondary N) is 2. The van der Waals surface area contributed by atoms with Crippen LogP contribution in [0.15, 0.2) is 118 Å². The fourth-order valence-corrected chi connectivity index (χ4v) is 6.13. The molecule has 4 aromatic carbocycles. The van der Waals surface area contributed by atoms with E-state index in [4.69, 9.17) is 20.9 Å². The van der Waals surface area contributed by atoms with Crippen molar-refractivity contribution in [3.05, 3.63) is 157 Å². The first-order valence-corrected chi connectivity index (χ1v) is 18.3. The molecule has 0 unspecified atom stereocenters. The summed E-state index contributed by atoms with van der Waals surface area (Å²) in [7, 11) is 0. The number of carbonyl (C=O) groups excluding carboxylic acids is 2. The zero-order chi connectivity index (χ0) is 42.0. The Morgan fingerprint density at radius 2 is 1.36 bits per heavy atom. The van der Waals surface area contributed by atoms with Crippen LogP contribution in [0.2, 0.25) is 0 Å². The number of anilines is 2. The van der Waals surface area contributed by atoms with Crippen LogP contribution < -0.4 is 22.6 Å². The Labute approximate surface area is 339 Å². The fourth-order valence-electron chi connectivity index (χ4n) is 6.13. The van der Waals surface area contributed by atoms with Gasteiger partial charge in [-0.05, 0) is 66.8 Å². The Morgan fingerprint density at radius 1 is 0.881 bits per heavy atom. The number of aromatic amines is 2. The number of nitrogen functional groups attached to an aromatic ring is 2. The Kier molecular flexibility index (Phi) is 14.9. The topological polar surface area (TPSA) is 260 Å². The molecule has 0 spiro atoms. The van der Waals surface area contributed by atoms with Gasteiger partial charge in [-0.2, -0.15) is 0 Å². The molecular formula is C43H47N7O9. The average molecular weight is 806 g/mol. The van der Waals surface area contributed by atoms with Gasteiger partial charge in [-0.1, -0.05) is 62.9 Å². The minimum atomic E-state index is -2.04. The van der Waals surface area contributed by atoms with E-state index in [0.29, 0.717) is 44.8 Å². The maximum atomic E-state index is 12.7. The van der Waals surface area contributed by atoms with Crippen molar-refractivity contribution >= 4 is 50.9 Å². The summed E-state index contributed by atoms with van der Waals surface area (Å²) in [6, 6.07) is 27.9. The summed E-state index contributed by atoms with van der Waals surface area (Å²) in [6.07, 6.45) is 2.14. The number of nitro benzene ring substituents is 1. The van der Waals surface area contributed by atoms with Crippen molar-refractivity contribution in [1.82, 2.24) is 19.9 Å². The van der Waals surface area contributed by atoms with Crippen molar-refractivity contribution in [1.29, 1.82) is 0 Å². The van der Waals surface area contributed by atoms with E-state index in [1.807, 2.05) is 48.5 Å². The minimum absolute atomic E-state index is 0. The molecule has 7 N–H and O–H groups in total. The van der Waals surface area contributed by atoms with Crippen molar-refractivity contribution in [3.8, 4) is 0 Å². The summed E-state index contributed by atoms with van der Waals surface area (Å²) in [6.45, 7) is 4.89. The van der Waals surface area contributed by atoms with Crippen molar-refractivity contribution in [2.45, 2.75) is 59.2 Å². The minimum Gasteiger partial charge on any atom is -0.461 e. The monoisotopic (exact) mass is 805 g/mol. The number of ether oxygens (including phenoxy) is 2. The zero-order valence-electron chi connectivity index (χ0n) is 32.0. The third kappa shape index (κ3) is 11.4. The van der Waals surface area contributed by atoms with Gasteiger partial charge in [0.15, 0.2) is 11.5 Å². The van der Waals surface area contributed by atoms with Crippen molar-refractivity contribution in [2.75, 3.05) is 18.1 Å². The van der Waals surface area contributed by atoms with E-state index < -0.39 is 16.7 Å². The second-order valence-electron chi connectivity index (χ2n) is 13.5. The predicted molar refractivity (Wildman–Crippen MR) is 225 cm³/mol. The molecule has 308 valence electrons. The summed E-state index contributed by atoms with van der Waals surface area (Å²) < 4.78 is 9.72. The summed E-state index contributed by atoms with van der Waals surface area (Å²) in [5.41, 5.74) is 15.4. The summed E-state index contributed by atoms with van der Waals surface area (Å²) in [5.74, 6) is -3.68. The van der Waals surface area contributed by atoms with Gasteiger partial charge >= 0.3 is 11.8 Å². The largest absolute Gasteiger partial charge is 0.461 e. The maximum absolute atomic E-state index is 12.7. The molecule has 2 aromatic heterocycles. The molecule has 7 rings (SSSR count). The first kappa shape index (κ1) is 44.5. The number of hydrogen-bond donors (Lipinski definition) is 5. The van der Waals surface area contributed by atoms with E-state index in [1.165, 1.54) is 19.1 Å². The molecular weight excluding hydrogens is 759 g/mol. The van der Waals surface area contributed by atoms with Crippen molar-refractivity contribution in [2.24, 2.45) is 5.92 Å². The Balaban J connectivity index is 0.000000254. The molecule has 16 heteroatoms. The summed E-state index contributed by atoms with van der Waals surface area (Å²) in [5, 5.41) is 21.1. The zero-order valence-corrected chi connectivity index (χ0v) is 32.0. The van der Waals surface area contributed by atoms with Crippen LogP contribution in [0.1, 0.15) is 57.5 Å². The molecule has 1 aliphatic heterocycles. The number of para-hydroxylation sites is 6. The highest BCUT2D eigenvalue weighted by molar-refractivity contribution is 5.92. The quantitative estimate of drug-likeness (QED) is 0.0495. The lowest BCUT2D eigenvalue weighted by Crippen LogP contribution is -2.46. The smallest absolute Gasteiger partial charge is 0.379 e. The van der Waals surface area contributed by atoms with Gasteiger partial charge in [0.25, 0.3) is 16.8 Å². The van der Waals surface area contributed by atoms with Gasteiger partial charge in [0.05, 0.1) is 45.0 Å². The van der Waals surface area contributed by atoms with E-state index in [1.54, 1.807) is 56.3 Å². The van der Waals surface area contributed by atoms with Gasteiger partial charge in [-0.3, -0.25) is 24.5 Å². The molecule has 0 saturated heterocycles. The molecule has 16 nitrogen and oxygen atoms in total. The second-order valence-corrected chi connectivity index (χ2v) is 13.5. The van der Waals surface area contributed by atoms with E-state index in [2.05, 4.69) is 19.9 Å². The van der Waals surface area contributed by atoms with Gasteiger partial charge in [-0.15, -0.1) is 0 Å². The first-order valence-electron chi connectivity index (χ1n) is 18.3. The normalized spacial score (nSPS) is 15.6. The predicted octanol–water partition coefficient (Wildman–Crippen LogP) is 5.89. The van der Waals surface area contributed by atoms with Gasteiger partial charge in [0.2, 0.25) is 0 Å². The number of nitro groups is 1. The van der Waals surface area contributed by atoms with Crippen molar-refractivity contribution in [3.63, 3.8) is 0 Å². The molecule has 0 bridgehead atoms. The van der Waals surface area contributed by atoms with Gasteiger partial charge in [0.1, 0.15) is 11.4 Å². The number of aromatic nitrogens is 4. The number of benzene rings is 4. The number of nitrogens with two attached hydrogens (primary N) is 2. The number of H-pyrrole nitrogens is 2. The van der Waals surface area contributed by atoms with E-state index in [9.17, 15) is 34.4 Å². The van der Waals surface area contributed by atoms with E-state index in [0.717, 1.165) is 5.56 Å². The molecule has 0 amide bonds. The molecule has 1 aliphatic rings. The molecule has 6 aromatic rings. The van der Waals surface area contributed by atoms with Crippen LogP contribution in [-0.4, -0.2) is 54.1 Å². The number of aliphatic hydroxyl groups is 1. The number of non-ortho nitro benzene ring substituents is 1. The summed E-state index contributed by atoms with van der Waals surface area (Å²) in [4.78, 5) is 73.6. The molecule has 3 heterocycles. The van der Waals surface area contributed by atoms with Crippen LogP contribution in [0.3, 0.4) is 0 Å². The third-order valence-electron chi connectivity index (χ3n) is 9.05. The molecule has 0 radical (unpaired) electrons. The first-order chi connectivity index (χ1) is 27.7. The molecule has 0 aliphatic carbocycles. The Hall–Kier alpha value is -7.20. The lowest BCUT2D eigenvalue weighted by atomic mass is 9.89. The lowest BCUT2D eigenvalue weighted by Gasteiger charge is -2.32. The van der Waals surface area contributed by atoms with E-state index in [-0.39, 0.29) is 73.5 Å². The van der Waals surface area contributed by atoms with Crippen molar-refractivity contribution < 1.29 is 29.1 Å². The Morgan fingerprint density at radius 3 is 1.80 bits per heavy atom.